The number of nitrogens with two attached hydrogens (primary N) is 1. The van der Waals surface area contributed by atoms with Crippen LogP contribution in [0.4, 0.5) is 0 Å². The second kappa shape index (κ2) is 3.62. The summed E-state index contributed by atoms with van der Waals surface area (Å²) in [6.07, 6.45) is 1.66. The predicted octanol–water partition coefficient (Wildman–Crippen LogP) is 0.300. The first kappa shape index (κ1) is 8.31. The maximum absolute atomic E-state index is 5.50. The van der Waals surface area contributed by atoms with E-state index in [1.165, 1.54) is 0 Å². The van der Waals surface area contributed by atoms with Crippen molar-refractivity contribution in [2.24, 2.45) is 10.7 Å². The van der Waals surface area contributed by atoms with E-state index < -0.39 is 0 Å². The first-order valence-electron chi connectivity index (χ1n) is 4.45. The lowest BCUT2D eigenvalue weighted by molar-refractivity contribution is 0.452. The van der Waals surface area contributed by atoms with Gasteiger partial charge < -0.3 is 15.1 Å². The van der Waals surface area contributed by atoms with Gasteiger partial charge in [0.05, 0.1) is 12.8 Å². The fourth-order valence-corrected chi connectivity index (χ4v) is 1.50. The summed E-state index contributed by atoms with van der Waals surface area (Å²) in [6.45, 7) is 3.29. The molecule has 4 nitrogen and oxygen atoms in total. The molecule has 0 aliphatic carbocycles. The van der Waals surface area contributed by atoms with Gasteiger partial charge in [0.25, 0.3) is 0 Å². The Labute approximate surface area is 77.0 Å². The van der Waals surface area contributed by atoms with Gasteiger partial charge in [0.1, 0.15) is 0 Å². The smallest absolute Gasteiger partial charge is 0.168 e. The molecule has 1 aromatic heterocycles. The molecule has 0 unspecified atom stereocenters. The molecule has 0 fully saturated rings. The molecule has 1 aromatic rings. The van der Waals surface area contributed by atoms with Gasteiger partial charge in [-0.05, 0) is 12.1 Å². The minimum absolute atomic E-state index is 0.653. The monoisotopic (exact) mass is 179 g/mol. The van der Waals surface area contributed by atoms with E-state index in [0.29, 0.717) is 6.54 Å². The molecule has 0 saturated carbocycles. The summed E-state index contributed by atoms with van der Waals surface area (Å²) < 4.78 is 5.28. The van der Waals surface area contributed by atoms with E-state index in [4.69, 9.17) is 10.2 Å². The number of furan rings is 1. The van der Waals surface area contributed by atoms with Crippen LogP contribution in [-0.2, 0) is 0 Å². The van der Waals surface area contributed by atoms with Gasteiger partial charge >= 0.3 is 0 Å². The zero-order valence-electron chi connectivity index (χ0n) is 7.44. The lowest BCUT2D eigenvalue weighted by atomic mass is 10.4. The molecule has 70 valence electrons. The Kier molecular flexibility index (Phi) is 2.31. The maximum atomic E-state index is 5.50. The number of aliphatic imine (C=N–C) groups is 1. The van der Waals surface area contributed by atoms with E-state index in [1.54, 1.807) is 6.26 Å². The summed E-state index contributed by atoms with van der Waals surface area (Å²) in [5, 5.41) is 0. The van der Waals surface area contributed by atoms with Crippen molar-refractivity contribution in [2.45, 2.75) is 0 Å². The van der Waals surface area contributed by atoms with Crippen molar-refractivity contribution >= 4 is 5.84 Å². The summed E-state index contributed by atoms with van der Waals surface area (Å²) in [7, 11) is 0. The van der Waals surface area contributed by atoms with Crippen molar-refractivity contribution in [3.63, 3.8) is 0 Å². The highest BCUT2D eigenvalue weighted by Gasteiger charge is 2.19. The molecular weight excluding hydrogens is 166 g/mol. The molecule has 2 rings (SSSR count). The van der Waals surface area contributed by atoms with Crippen molar-refractivity contribution in [3.8, 4) is 0 Å². The fraction of sp³-hybridized carbons (Fsp3) is 0.444. The third-order valence-corrected chi connectivity index (χ3v) is 2.07. The van der Waals surface area contributed by atoms with Gasteiger partial charge in [-0.3, -0.25) is 4.99 Å². The minimum atomic E-state index is 0.653. The molecular formula is C9H13N3O. The van der Waals surface area contributed by atoms with Crippen molar-refractivity contribution in [1.82, 2.24) is 4.90 Å². The first-order valence-corrected chi connectivity index (χ1v) is 4.45. The Morgan fingerprint density at radius 2 is 2.54 bits per heavy atom. The van der Waals surface area contributed by atoms with Crippen LogP contribution in [0.15, 0.2) is 27.8 Å². The average Bonchev–Trinajstić information content (AvgIpc) is 2.71. The van der Waals surface area contributed by atoms with Crippen LogP contribution in [0.5, 0.6) is 0 Å². The molecule has 13 heavy (non-hydrogen) atoms. The Hall–Kier alpha value is -1.29. The van der Waals surface area contributed by atoms with Gasteiger partial charge in [0.15, 0.2) is 11.6 Å². The number of amidine groups is 1. The summed E-state index contributed by atoms with van der Waals surface area (Å²) >= 11 is 0. The summed E-state index contributed by atoms with van der Waals surface area (Å²) in [5.74, 6) is 1.78. The second-order valence-corrected chi connectivity index (χ2v) is 2.96. The highest BCUT2D eigenvalue weighted by molar-refractivity contribution is 5.97. The summed E-state index contributed by atoms with van der Waals surface area (Å²) in [4.78, 5) is 6.52. The van der Waals surface area contributed by atoms with Crippen molar-refractivity contribution < 1.29 is 4.42 Å². The van der Waals surface area contributed by atoms with Crippen LogP contribution in [0.3, 0.4) is 0 Å². The van der Waals surface area contributed by atoms with Crippen LogP contribution in [0.25, 0.3) is 0 Å². The van der Waals surface area contributed by atoms with Crippen molar-refractivity contribution in [3.05, 3.63) is 24.2 Å². The zero-order chi connectivity index (χ0) is 9.10. The third kappa shape index (κ3) is 1.58. The highest BCUT2D eigenvalue weighted by Crippen LogP contribution is 2.10. The number of hydrogen-bond donors (Lipinski definition) is 1. The molecule has 0 spiro atoms. The van der Waals surface area contributed by atoms with Crippen LogP contribution in [0, 0.1) is 0 Å². The molecule has 4 heteroatoms. The number of hydrogen-bond acceptors (Lipinski definition) is 4. The second-order valence-electron chi connectivity index (χ2n) is 2.96. The Bertz CT molecular complexity index is 292. The Balaban J connectivity index is 2.14. The largest absolute Gasteiger partial charge is 0.461 e. The predicted molar refractivity (Wildman–Crippen MR) is 50.7 cm³/mol. The van der Waals surface area contributed by atoms with Crippen LogP contribution >= 0.6 is 0 Å². The molecule has 0 radical (unpaired) electrons. The summed E-state index contributed by atoms with van der Waals surface area (Å²) in [6, 6.07) is 3.80. The van der Waals surface area contributed by atoms with Crippen LogP contribution in [0.2, 0.25) is 0 Å². The molecule has 0 bridgehead atoms. The first-order chi connectivity index (χ1) is 6.42. The minimum Gasteiger partial charge on any atom is -0.461 e. The van der Waals surface area contributed by atoms with Crippen LogP contribution in [0.1, 0.15) is 5.76 Å². The third-order valence-electron chi connectivity index (χ3n) is 2.07. The Morgan fingerprint density at radius 3 is 3.23 bits per heavy atom. The van der Waals surface area contributed by atoms with E-state index in [-0.39, 0.29) is 0 Å². The maximum Gasteiger partial charge on any atom is 0.168 e. The molecule has 0 amide bonds. The van der Waals surface area contributed by atoms with Gasteiger partial charge in [-0.1, -0.05) is 0 Å². The van der Waals surface area contributed by atoms with Crippen molar-refractivity contribution in [2.75, 3.05) is 26.2 Å². The molecule has 1 aliphatic rings. The Morgan fingerprint density at radius 1 is 1.62 bits per heavy atom. The topological polar surface area (TPSA) is 54.8 Å². The molecule has 1 aliphatic heterocycles. The van der Waals surface area contributed by atoms with Gasteiger partial charge in [-0.25, -0.2) is 0 Å². The fourth-order valence-electron chi connectivity index (χ4n) is 1.50. The highest BCUT2D eigenvalue weighted by atomic mass is 16.3. The van der Waals surface area contributed by atoms with E-state index in [1.807, 2.05) is 12.1 Å². The van der Waals surface area contributed by atoms with Gasteiger partial charge in [0, 0.05) is 19.6 Å². The molecule has 0 aromatic carbocycles. The normalized spacial score (nSPS) is 16.4. The number of nitrogens with zero attached hydrogens (tertiary/aromatic N) is 2. The molecule has 2 N–H and O–H groups in total. The summed E-state index contributed by atoms with van der Waals surface area (Å²) in [5.41, 5.74) is 5.50. The average molecular weight is 179 g/mol. The van der Waals surface area contributed by atoms with E-state index in [2.05, 4.69) is 9.89 Å². The quantitative estimate of drug-likeness (QED) is 0.726. The number of rotatable bonds is 3. The van der Waals surface area contributed by atoms with E-state index in [9.17, 15) is 0 Å². The molecule has 0 saturated heterocycles. The molecule has 2 heterocycles. The van der Waals surface area contributed by atoms with E-state index >= 15 is 0 Å². The lowest BCUT2D eigenvalue weighted by Crippen LogP contribution is -2.33. The van der Waals surface area contributed by atoms with Crippen LogP contribution < -0.4 is 5.73 Å². The van der Waals surface area contributed by atoms with Gasteiger partial charge in [-0.15, -0.1) is 0 Å². The zero-order valence-corrected chi connectivity index (χ0v) is 7.44. The van der Waals surface area contributed by atoms with Crippen molar-refractivity contribution in [1.29, 1.82) is 0 Å². The van der Waals surface area contributed by atoms with Gasteiger partial charge in [0.2, 0.25) is 0 Å². The standard InChI is InChI=1S/C9H13N3O/c10-3-5-12-6-4-11-9(12)8-2-1-7-13-8/h1-2,7H,3-6,10H2. The molecule has 0 atom stereocenters. The van der Waals surface area contributed by atoms with E-state index in [0.717, 1.165) is 31.2 Å². The lowest BCUT2D eigenvalue weighted by Gasteiger charge is -2.17. The SMILES string of the molecule is NCCN1CCN=C1c1ccco1. The van der Waals surface area contributed by atoms with Crippen LogP contribution in [-0.4, -0.2) is 36.9 Å². The van der Waals surface area contributed by atoms with Gasteiger partial charge in [-0.2, -0.15) is 0 Å².